The first-order chi connectivity index (χ1) is 7.04. The normalized spacial score (nSPS) is 22.8. The summed E-state index contributed by atoms with van der Waals surface area (Å²) < 4.78 is 0. The van der Waals surface area contributed by atoms with Crippen molar-refractivity contribution in [2.75, 3.05) is 0 Å². The Morgan fingerprint density at radius 2 is 2.07 bits per heavy atom. The molecule has 1 aromatic rings. The molecule has 1 aliphatic rings. The lowest BCUT2D eigenvalue weighted by Crippen LogP contribution is -2.12. The lowest BCUT2D eigenvalue weighted by molar-refractivity contribution is 0.458. The molecule has 0 heterocycles. The number of fused-ring (bicyclic) bond motifs is 1. The van der Waals surface area contributed by atoms with E-state index in [-0.39, 0.29) is 0 Å². The Bertz CT molecular complexity index is 360. The van der Waals surface area contributed by atoms with Crippen molar-refractivity contribution in [2.24, 2.45) is 0 Å². The topological polar surface area (TPSA) is 0 Å². The van der Waals surface area contributed by atoms with Crippen molar-refractivity contribution in [1.82, 2.24) is 0 Å². The molecule has 0 nitrogen and oxygen atoms in total. The SMILES string of the molecule is CCCC1CC(C)(C)c2ccc(C)cc21. The fourth-order valence-corrected chi connectivity index (χ4v) is 3.08. The van der Waals surface area contributed by atoms with Crippen LogP contribution in [0.4, 0.5) is 0 Å². The van der Waals surface area contributed by atoms with Gasteiger partial charge in [-0.05, 0) is 42.2 Å². The van der Waals surface area contributed by atoms with Gasteiger partial charge in [-0.1, -0.05) is 51.0 Å². The van der Waals surface area contributed by atoms with E-state index in [0.717, 1.165) is 5.92 Å². The monoisotopic (exact) mass is 202 g/mol. The van der Waals surface area contributed by atoms with Gasteiger partial charge in [0.25, 0.3) is 0 Å². The van der Waals surface area contributed by atoms with E-state index in [1.807, 2.05) is 0 Å². The van der Waals surface area contributed by atoms with Crippen molar-refractivity contribution in [1.29, 1.82) is 0 Å². The minimum Gasteiger partial charge on any atom is -0.0654 e. The van der Waals surface area contributed by atoms with E-state index in [0.29, 0.717) is 5.41 Å². The lowest BCUT2D eigenvalue weighted by Gasteiger charge is -2.19. The van der Waals surface area contributed by atoms with E-state index >= 15 is 0 Å². The van der Waals surface area contributed by atoms with Gasteiger partial charge in [-0.15, -0.1) is 0 Å². The zero-order valence-corrected chi connectivity index (χ0v) is 10.4. The largest absolute Gasteiger partial charge is 0.0654 e. The molecule has 0 spiro atoms. The molecule has 0 bridgehead atoms. The molecule has 1 aliphatic carbocycles. The summed E-state index contributed by atoms with van der Waals surface area (Å²) in [4.78, 5) is 0. The molecule has 0 N–H and O–H groups in total. The highest BCUT2D eigenvalue weighted by Crippen LogP contribution is 2.47. The Morgan fingerprint density at radius 3 is 2.73 bits per heavy atom. The maximum Gasteiger partial charge on any atom is -0.00949 e. The molecule has 0 fully saturated rings. The highest BCUT2D eigenvalue weighted by Gasteiger charge is 2.35. The Morgan fingerprint density at radius 1 is 1.33 bits per heavy atom. The molecule has 0 heteroatoms. The van der Waals surface area contributed by atoms with Crippen LogP contribution in [0.1, 0.15) is 62.6 Å². The second-order valence-corrected chi connectivity index (χ2v) is 5.66. The van der Waals surface area contributed by atoms with Crippen molar-refractivity contribution in [3.63, 3.8) is 0 Å². The summed E-state index contributed by atoms with van der Waals surface area (Å²) in [6, 6.07) is 7.01. The van der Waals surface area contributed by atoms with Gasteiger partial charge in [-0.3, -0.25) is 0 Å². The minimum atomic E-state index is 0.392. The van der Waals surface area contributed by atoms with E-state index in [4.69, 9.17) is 0 Å². The van der Waals surface area contributed by atoms with Gasteiger partial charge in [-0.25, -0.2) is 0 Å². The fraction of sp³-hybridized carbons (Fsp3) is 0.600. The van der Waals surface area contributed by atoms with Crippen LogP contribution >= 0.6 is 0 Å². The van der Waals surface area contributed by atoms with Gasteiger partial charge in [0, 0.05) is 0 Å². The first-order valence-electron chi connectivity index (χ1n) is 6.15. The number of rotatable bonds is 2. The number of hydrogen-bond acceptors (Lipinski definition) is 0. The van der Waals surface area contributed by atoms with Crippen molar-refractivity contribution in [3.05, 3.63) is 34.9 Å². The van der Waals surface area contributed by atoms with E-state index in [9.17, 15) is 0 Å². The second-order valence-electron chi connectivity index (χ2n) is 5.66. The molecule has 0 amide bonds. The van der Waals surface area contributed by atoms with Crippen LogP contribution in [0.2, 0.25) is 0 Å². The molecule has 0 saturated heterocycles. The summed E-state index contributed by atoms with van der Waals surface area (Å²) in [5.41, 5.74) is 5.02. The zero-order chi connectivity index (χ0) is 11.1. The van der Waals surface area contributed by atoms with Crippen molar-refractivity contribution in [2.45, 2.75) is 58.3 Å². The van der Waals surface area contributed by atoms with Gasteiger partial charge in [0.2, 0.25) is 0 Å². The highest BCUT2D eigenvalue weighted by atomic mass is 14.4. The quantitative estimate of drug-likeness (QED) is 0.659. The van der Waals surface area contributed by atoms with Crippen LogP contribution in [-0.4, -0.2) is 0 Å². The van der Waals surface area contributed by atoms with E-state index in [1.165, 1.54) is 24.8 Å². The third kappa shape index (κ3) is 1.82. The average Bonchev–Trinajstić information content (AvgIpc) is 2.39. The number of hydrogen-bond donors (Lipinski definition) is 0. The van der Waals surface area contributed by atoms with Crippen LogP contribution in [0.15, 0.2) is 18.2 Å². The van der Waals surface area contributed by atoms with Crippen molar-refractivity contribution in [3.8, 4) is 0 Å². The first-order valence-corrected chi connectivity index (χ1v) is 6.15. The molecule has 1 unspecified atom stereocenters. The standard InChI is InChI=1S/C15H22/c1-5-6-12-10-15(3,4)14-8-7-11(2)9-13(12)14/h7-9,12H,5-6,10H2,1-4H3. The molecule has 0 aromatic heterocycles. The maximum atomic E-state index is 2.41. The van der Waals surface area contributed by atoms with Crippen LogP contribution in [0.3, 0.4) is 0 Å². The second kappa shape index (κ2) is 3.66. The van der Waals surface area contributed by atoms with Crippen LogP contribution in [0.25, 0.3) is 0 Å². The van der Waals surface area contributed by atoms with Crippen LogP contribution in [0, 0.1) is 6.92 Å². The fourth-order valence-electron chi connectivity index (χ4n) is 3.08. The minimum absolute atomic E-state index is 0.392. The summed E-state index contributed by atoms with van der Waals surface area (Å²) >= 11 is 0. The van der Waals surface area contributed by atoms with E-state index in [1.54, 1.807) is 11.1 Å². The Labute approximate surface area is 93.7 Å². The zero-order valence-electron chi connectivity index (χ0n) is 10.4. The predicted molar refractivity (Wildman–Crippen MR) is 66.5 cm³/mol. The van der Waals surface area contributed by atoms with Crippen LogP contribution in [-0.2, 0) is 5.41 Å². The molecule has 0 radical (unpaired) electrons. The van der Waals surface area contributed by atoms with Crippen LogP contribution < -0.4 is 0 Å². The van der Waals surface area contributed by atoms with Gasteiger partial charge in [-0.2, -0.15) is 0 Å². The molecule has 15 heavy (non-hydrogen) atoms. The molecule has 0 saturated carbocycles. The molecular weight excluding hydrogens is 180 g/mol. The molecule has 2 rings (SSSR count). The van der Waals surface area contributed by atoms with Crippen molar-refractivity contribution < 1.29 is 0 Å². The average molecular weight is 202 g/mol. The van der Waals surface area contributed by atoms with Crippen molar-refractivity contribution >= 4 is 0 Å². The van der Waals surface area contributed by atoms with Crippen LogP contribution in [0.5, 0.6) is 0 Å². The first kappa shape index (κ1) is 10.7. The molecule has 82 valence electrons. The van der Waals surface area contributed by atoms with Gasteiger partial charge in [0.15, 0.2) is 0 Å². The third-order valence-electron chi connectivity index (χ3n) is 3.77. The Kier molecular flexibility index (Phi) is 2.62. The predicted octanol–water partition coefficient (Wildman–Crippen LogP) is 4.56. The third-order valence-corrected chi connectivity index (χ3v) is 3.77. The Balaban J connectivity index is 2.44. The summed E-state index contributed by atoms with van der Waals surface area (Å²) in [7, 11) is 0. The molecular formula is C15H22. The van der Waals surface area contributed by atoms with Gasteiger partial charge in [0.05, 0.1) is 0 Å². The number of aryl methyl sites for hydroxylation is 1. The summed E-state index contributed by atoms with van der Waals surface area (Å²) in [5.74, 6) is 0.805. The summed E-state index contributed by atoms with van der Waals surface area (Å²) in [6.07, 6.45) is 3.98. The smallest absolute Gasteiger partial charge is 0.00949 e. The molecule has 1 atom stereocenters. The lowest BCUT2D eigenvalue weighted by atomic mass is 9.85. The maximum absolute atomic E-state index is 2.41. The van der Waals surface area contributed by atoms with E-state index < -0.39 is 0 Å². The van der Waals surface area contributed by atoms with Gasteiger partial charge >= 0.3 is 0 Å². The Hall–Kier alpha value is -0.780. The molecule has 1 aromatic carbocycles. The summed E-state index contributed by atoms with van der Waals surface area (Å²) in [5, 5.41) is 0. The van der Waals surface area contributed by atoms with E-state index in [2.05, 4.69) is 45.9 Å². The number of benzene rings is 1. The molecule has 0 aliphatic heterocycles. The van der Waals surface area contributed by atoms with Gasteiger partial charge in [0.1, 0.15) is 0 Å². The highest BCUT2D eigenvalue weighted by molar-refractivity contribution is 5.43. The van der Waals surface area contributed by atoms with Gasteiger partial charge < -0.3 is 0 Å². The summed E-state index contributed by atoms with van der Waals surface area (Å²) in [6.45, 7) is 9.27.